The van der Waals surface area contributed by atoms with Crippen molar-refractivity contribution in [2.24, 2.45) is 0 Å². The van der Waals surface area contributed by atoms with Gasteiger partial charge in [-0.2, -0.15) is 0 Å². The van der Waals surface area contributed by atoms with Gasteiger partial charge in [0.15, 0.2) is 11.6 Å². The number of hydrogen-bond acceptors (Lipinski definition) is 4. The maximum absolute atomic E-state index is 12.0. The molecule has 2 aromatic carbocycles. The van der Waals surface area contributed by atoms with Crippen molar-refractivity contribution in [3.05, 3.63) is 47.5 Å². The van der Waals surface area contributed by atoms with Gasteiger partial charge in [0.2, 0.25) is 0 Å². The molecule has 2 N–H and O–H groups in total. The van der Waals surface area contributed by atoms with E-state index in [0.717, 1.165) is 0 Å². The van der Waals surface area contributed by atoms with E-state index in [1.807, 2.05) is 0 Å². The summed E-state index contributed by atoms with van der Waals surface area (Å²) in [6.45, 7) is 0. The maximum Gasteiger partial charge on any atom is 0.171 e. The van der Waals surface area contributed by atoms with Crippen molar-refractivity contribution in [1.82, 2.24) is 0 Å². The topological polar surface area (TPSA) is 74.6 Å². The van der Waals surface area contributed by atoms with Crippen LogP contribution in [0.4, 0.5) is 0 Å². The summed E-state index contributed by atoms with van der Waals surface area (Å²) in [7, 11) is 0. The fourth-order valence-electron chi connectivity index (χ4n) is 2.33. The molecule has 19 heavy (non-hydrogen) atoms. The molecule has 0 unspecified atom stereocenters. The third-order valence-electron chi connectivity index (χ3n) is 3.22. The zero-order valence-electron chi connectivity index (χ0n) is 9.88. The normalized spacial score (nSPS) is 13.7. The van der Waals surface area contributed by atoms with Gasteiger partial charge < -0.3 is 10.2 Å². The van der Waals surface area contributed by atoms with Crippen molar-refractivity contribution in [2.75, 3.05) is 0 Å². The van der Waals surface area contributed by atoms with Crippen molar-refractivity contribution in [3.8, 4) is 22.6 Å². The summed E-state index contributed by atoms with van der Waals surface area (Å²) in [5, 5.41) is 19.0. The van der Waals surface area contributed by atoms with Gasteiger partial charge in [-0.3, -0.25) is 9.59 Å². The highest BCUT2D eigenvalue weighted by Crippen LogP contribution is 2.35. The van der Waals surface area contributed by atoms with E-state index in [1.54, 1.807) is 12.1 Å². The zero-order valence-corrected chi connectivity index (χ0v) is 9.88. The van der Waals surface area contributed by atoms with E-state index in [9.17, 15) is 19.8 Å². The number of phenols is 2. The van der Waals surface area contributed by atoms with Crippen LogP contribution in [-0.4, -0.2) is 21.8 Å². The van der Waals surface area contributed by atoms with Crippen LogP contribution >= 0.6 is 0 Å². The van der Waals surface area contributed by atoms with Gasteiger partial charge in [-0.25, -0.2) is 0 Å². The average molecular weight is 254 g/mol. The molecule has 0 aromatic heterocycles. The first-order valence-corrected chi connectivity index (χ1v) is 5.79. The molecule has 94 valence electrons. The van der Waals surface area contributed by atoms with Gasteiger partial charge in [0.25, 0.3) is 0 Å². The molecule has 1 aliphatic rings. The Hall–Kier alpha value is -2.62. The third kappa shape index (κ3) is 1.78. The van der Waals surface area contributed by atoms with E-state index >= 15 is 0 Å². The summed E-state index contributed by atoms with van der Waals surface area (Å²) in [5.41, 5.74) is 1.86. The van der Waals surface area contributed by atoms with Gasteiger partial charge in [0.1, 0.15) is 11.5 Å². The third-order valence-corrected chi connectivity index (χ3v) is 3.22. The van der Waals surface area contributed by atoms with Gasteiger partial charge in [-0.15, -0.1) is 0 Å². The van der Waals surface area contributed by atoms with Crippen LogP contribution in [0.15, 0.2) is 36.4 Å². The predicted octanol–water partition coefficient (Wildman–Crippen LogP) is 2.53. The zero-order chi connectivity index (χ0) is 13.6. The van der Waals surface area contributed by atoms with Gasteiger partial charge in [0, 0.05) is 11.1 Å². The molecule has 0 aliphatic heterocycles. The second kappa shape index (κ2) is 3.95. The van der Waals surface area contributed by atoms with E-state index in [-0.39, 0.29) is 29.5 Å². The number of ketones is 2. The molecule has 3 rings (SSSR count). The van der Waals surface area contributed by atoms with Gasteiger partial charge in [-0.1, -0.05) is 0 Å². The molecule has 4 nitrogen and oxygen atoms in total. The molecule has 4 heteroatoms. The molecule has 2 aromatic rings. The van der Waals surface area contributed by atoms with Gasteiger partial charge >= 0.3 is 0 Å². The Morgan fingerprint density at radius 1 is 0.684 bits per heavy atom. The van der Waals surface area contributed by atoms with Crippen molar-refractivity contribution >= 4 is 11.6 Å². The lowest BCUT2D eigenvalue weighted by molar-refractivity contribution is 0.0896. The number of fused-ring (bicyclic) bond motifs is 3. The van der Waals surface area contributed by atoms with Crippen LogP contribution in [-0.2, 0) is 0 Å². The molecule has 0 atom stereocenters. The first-order chi connectivity index (χ1) is 9.06. The molecular formula is C15H10O4. The van der Waals surface area contributed by atoms with Crippen LogP contribution in [0.2, 0.25) is 0 Å². The van der Waals surface area contributed by atoms with Crippen LogP contribution in [0.5, 0.6) is 11.5 Å². The summed E-state index contributed by atoms with van der Waals surface area (Å²) in [5.74, 6) is -0.679. The Morgan fingerprint density at radius 2 is 1.11 bits per heavy atom. The Labute approximate surface area is 108 Å². The predicted molar refractivity (Wildman–Crippen MR) is 68.5 cm³/mol. The molecule has 0 fully saturated rings. The van der Waals surface area contributed by atoms with Crippen molar-refractivity contribution < 1.29 is 19.8 Å². The molecule has 0 saturated heterocycles. The summed E-state index contributed by atoms with van der Waals surface area (Å²) < 4.78 is 0. The lowest BCUT2D eigenvalue weighted by atomic mass is 9.96. The molecule has 0 spiro atoms. The van der Waals surface area contributed by atoms with E-state index in [4.69, 9.17) is 0 Å². The fraction of sp³-hybridized carbons (Fsp3) is 0.0667. The summed E-state index contributed by atoms with van der Waals surface area (Å²) >= 11 is 0. The number of phenolic OH excluding ortho intramolecular Hbond substituents is 2. The molecule has 0 heterocycles. The number of benzene rings is 2. The second-order valence-corrected chi connectivity index (χ2v) is 4.48. The number of Topliss-reactive ketones (excluding diaryl/α,β-unsaturated/α-hetero) is 2. The maximum atomic E-state index is 12.0. The van der Waals surface area contributed by atoms with Gasteiger partial charge in [0.05, 0.1) is 6.42 Å². The largest absolute Gasteiger partial charge is 0.508 e. The molecule has 1 aliphatic carbocycles. The highest BCUT2D eigenvalue weighted by molar-refractivity contribution is 6.21. The molecule has 0 bridgehead atoms. The number of carbonyl (C=O) groups excluding carboxylic acids is 2. The van der Waals surface area contributed by atoms with E-state index in [2.05, 4.69) is 0 Å². The second-order valence-electron chi connectivity index (χ2n) is 4.48. The Balaban J connectivity index is 2.36. The van der Waals surface area contributed by atoms with E-state index in [1.165, 1.54) is 24.3 Å². The highest BCUT2D eigenvalue weighted by Gasteiger charge is 2.26. The first kappa shape index (κ1) is 11.5. The lowest BCUT2D eigenvalue weighted by Gasteiger charge is -2.08. The van der Waals surface area contributed by atoms with Crippen LogP contribution < -0.4 is 0 Å². The SMILES string of the molecule is O=C1CC(=O)c2cc(O)ccc2-c2ccc(O)cc21. The van der Waals surface area contributed by atoms with Crippen LogP contribution in [0, 0.1) is 0 Å². The monoisotopic (exact) mass is 254 g/mol. The minimum atomic E-state index is -0.327. The molecule has 0 saturated carbocycles. The average Bonchev–Trinajstić information content (AvgIpc) is 2.47. The standard InChI is InChI=1S/C15H10O4/c16-8-1-3-10-11-4-2-9(17)6-13(11)15(19)7-14(18)12(10)5-8/h1-6,16-17H,7H2. The fourth-order valence-corrected chi connectivity index (χ4v) is 2.33. The minimum Gasteiger partial charge on any atom is -0.508 e. The minimum absolute atomic E-state index is 0.0122. The Kier molecular flexibility index (Phi) is 2.38. The van der Waals surface area contributed by atoms with Crippen LogP contribution in [0.1, 0.15) is 27.1 Å². The summed E-state index contributed by atoms with van der Waals surface area (Å²) in [6, 6.07) is 8.89. The van der Waals surface area contributed by atoms with Crippen LogP contribution in [0.3, 0.4) is 0 Å². The quantitative estimate of drug-likeness (QED) is 0.708. The van der Waals surface area contributed by atoms with Crippen molar-refractivity contribution in [2.45, 2.75) is 6.42 Å². The molecule has 0 radical (unpaired) electrons. The lowest BCUT2D eigenvalue weighted by Crippen LogP contribution is -2.05. The number of aromatic hydroxyl groups is 2. The summed E-state index contributed by atoms with van der Waals surface area (Å²) in [6.07, 6.45) is -0.257. The van der Waals surface area contributed by atoms with E-state index < -0.39 is 0 Å². The smallest absolute Gasteiger partial charge is 0.171 e. The van der Waals surface area contributed by atoms with Crippen molar-refractivity contribution in [3.63, 3.8) is 0 Å². The van der Waals surface area contributed by atoms with Crippen molar-refractivity contribution in [1.29, 1.82) is 0 Å². The highest BCUT2D eigenvalue weighted by atomic mass is 16.3. The summed E-state index contributed by atoms with van der Waals surface area (Å²) in [4.78, 5) is 24.1. The molecular weight excluding hydrogens is 244 g/mol. The Bertz CT molecular complexity index is 655. The first-order valence-electron chi connectivity index (χ1n) is 5.79. The molecule has 0 amide bonds. The number of hydrogen-bond donors (Lipinski definition) is 2. The number of carbonyl (C=O) groups is 2. The number of rotatable bonds is 0. The van der Waals surface area contributed by atoms with E-state index in [0.29, 0.717) is 22.3 Å². The van der Waals surface area contributed by atoms with Crippen LogP contribution in [0.25, 0.3) is 11.1 Å². The van der Waals surface area contributed by atoms with Gasteiger partial charge in [-0.05, 0) is 47.5 Å². The Morgan fingerprint density at radius 3 is 1.53 bits per heavy atom.